The van der Waals surface area contributed by atoms with Crippen molar-refractivity contribution >= 4 is 11.7 Å². The van der Waals surface area contributed by atoms with Crippen LogP contribution in [0.3, 0.4) is 0 Å². The molecule has 1 saturated heterocycles. The Morgan fingerprint density at radius 1 is 1.53 bits per heavy atom. The average Bonchev–Trinajstić information content (AvgIpc) is 2.69. The Morgan fingerprint density at radius 3 is 2.94 bits per heavy atom. The van der Waals surface area contributed by atoms with Crippen molar-refractivity contribution in [1.29, 1.82) is 0 Å². The van der Waals surface area contributed by atoms with Gasteiger partial charge in [-0.05, 0) is 13.0 Å². The van der Waals surface area contributed by atoms with E-state index in [0.29, 0.717) is 18.9 Å². The van der Waals surface area contributed by atoms with Crippen molar-refractivity contribution < 1.29 is 9.90 Å². The van der Waals surface area contributed by atoms with Gasteiger partial charge in [0, 0.05) is 25.0 Å². The summed E-state index contributed by atoms with van der Waals surface area (Å²) >= 11 is 0. The highest BCUT2D eigenvalue weighted by molar-refractivity contribution is 5.91. The van der Waals surface area contributed by atoms with Crippen molar-refractivity contribution in [3.8, 4) is 0 Å². The van der Waals surface area contributed by atoms with E-state index in [1.165, 1.54) is 9.42 Å². The summed E-state index contributed by atoms with van der Waals surface area (Å²) in [5, 5.41) is 13.3. The van der Waals surface area contributed by atoms with Gasteiger partial charge in [0.05, 0.1) is 6.10 Å². The molecule has 0 radical (unpaired) electrons. The molecule has 0 spiro atoms. The molecule has 0 aromatic carbocycles. The second-order valence-corrected chi connectivity index (χ2v) is 4.10. The van der Waals surface area contributed by atoms with Gasteiger partial charge in [-0.1, -0.05) is 0 Å². The molecule has 3 heterocycles. The lowest BCUT2D eigenvalue weighted by molar-refractivity contribution is 0.00510. The molecule has 7 nitrogen and oxygen atoms in total. The van der Waals surface area contributed by atoms with Gasteiger partial charge in [-0.2, -0.15) is 4.98 Å². The quantitative estimate of drug-likeness (QED) is 0.700. The number of hydrogen-bond donors (Lipinski definition) is 1. The SMILES string of the molecule is Cc1ccnc2nc(C(=O)N3CC(O)C3)nn12. The zero-order chi connectivity index (χ0) is 12.0. The normalized spacial score (nSPS) is 16.2. The number of aliphatic hydroxyl groups is 1. The van der Waals surface area contributed by atoms with Crippen LogP contribution < -0.4 is 0 Å². The molecule has 1 fully saturated rings. The van der Waals surface area contributed by atoms with Crippen molar-refractivity contribution in [2.45, 2.75) is 13.0 Å². The van der Waals surface area contributed by atoms with Crippen LogP contribution in [0.5, 0.6) is 0 Å². The fraction of sp³-hybridized carbons (Fsp3) is 0.400. The van der Waals surface area contributed by atoms with Gasteiger partial charge < -0.3 is 10.0 Å². The minimum atomic E-state index is -0.421. The predicted octanol–water partition coefficient (Wildman–Crippen LogP) is -0.751. The first-order valence-corrected chi connectivity index (χ1v) is 5.31. The summed E-state index contributed by atoms with van der Waals surface area (Å²) < 4.78 is 1.53. The highest BCUT2D eigenvalue weighted by Gasteiger charge is 2.31. The summed E-state index contributed by atoms with van der Waals surface area (Å²) in [7, 11) is 0. The lowest BCUT2D eigenvalue weighted by Gasteiger charge is -2.34. The molecule has 0 aliphatic carbocycles. The van der Waals surface area contributed by atoms with E-state index in [9.17, 15) is 4.79 Å². The molecule has 88 valence electrons. The van der Waals surface area contributed by atoms with Gasteiger partial charge in [-0.3, -0.25) is 4.79 Å². The first-order valence-electron chi connectivity index (χ1n) is 5.31. The molecule has 1 aliphatic heterocycles. The Balaban J connectivity index is 1.96. The van der Waals surface area contributed by atoms with E-state index in [2.05, 4.69) is 15.1 Å². The molecule has 1 N–H and O–H groups in total. The standard InChI is InChI=1S/C10H11N5O2/c1-6-2-3-11-10-12-8(13-15(6)10)9(17)14-4-7(16)5-14/h2-3,7,16H,4-5H2,1H3. The van der Waals surface area contributed by atoms with Crippen LogP contribution in [0.4, 0.5) is 0 Å². The number of aromatic nitrogens is 4. The van der Waals surface area contributed by atoms with E-state index in [1.807, 2.05) is 6.92 Å². The van der Waals surface area contributed by atoms with Gasteiger partial charge in [-0.15, -0.1) is 5.10 Å². The fourth-order valence-corrected chi connectivity index (χ4v) is 1.76. The number of carbonyl (C=O) groups is 1. The molecular weight excluding hydrogens is 222 g/mol. The summed E-state index contributed by atoms with van der Waals surface area (Å²) in [5.74, 6) is 0.272. The Bertz CT molecular complexity index is 587. The third-order valence-corrected chi connectivity index (χ3v) is 2.77. The zero-order valence-corrected chi connectivity index (χ0v) is 9.24. The first kappa shape index (κ1) is 10.2. The molecule has 0 bridgehead atoms. The van der Waals surface area contributed by atoms with Gasteiger partial charge in [-0.25, -0.2) is 9.50 Å². The molecule has 0 unspecified atom stereocenters. The third kappa shape index (κ3) is 1.55. The second-order valence-electron chi connectivity index (χ2n) is 4.10. The van der Waals surface area contributed by atoms with Gasteiger partial charge in [0.2, 0.25) is 5.82 Å². The number of hydrogen-bond acceptors (Lipinski definition) is 5. The Kier molecular flexibility index (Phi) is 2.08. The molecule has 0 saturated carbocycles. The van der Waals surface area contributed by atoms with Gasteiger partial charge in [0.25, 0.3) is 11.7 Å². The third-order valence-electron chi connectivity index (χ3n) is 2.77. The van der Waals surface area contributed by atoms with Gasteiger partial charge in [0.15, 0.2) is 0 Å². The molecule has 0 atom stereocenters. The van der Waals surface area contributed by atoms with Crippen LogP contribution in [-0.4, -0.2) is 54.7 Å². The van der Waals surface area contributed by atoms with Crippen LogP contribution in [0.15, 0.2) is 12.3 Å². The number of aryl methyl sites for hydroxylation is 1. The smallest absolute Gasteiger partial charge is 0.293 e. The van der Waals surface area contributed by atoms with Crippen LogP contribution in [-0.2, 0) is 0 Å². The van der Waals surface area contributed by atoms with Crippen molar-refractivity contribution in [3.63, 3.8) is 0 Å². The maximum absolute atomic E-state index is 11.9. The van der Waals surface area contributed by atoms with Gasteiger partial charge in [0.1, 0.15) is 0 Å². The number of carbonyl (C=O) groups excluding carboxylic acids is 1. The lowest BCUT2D eigenvalue weighted by atomic mass is 10.2. The highest BCUT2D eigenvalue weighted by atomic mass is 16.3. The summed E-state index contributed by atoms with van der Waals surface area (Å²) in [6.45, 7) is 2.56. The summed E-state index contributed by atoms with van der Waals surface area (Å²) in [4.78, 5) is 21.5. The number of nitrogens with zero attached hydrogens (tertiary/aromatic N) is 5. The molecule has 1 aliphatic rings. The monoisotopic (exact) mass is 233 g/mol. The average molecular weight is 233 g/mol. The van der Waals surface area contributed by atoms with Crippen LogP contribution in [0, 0.1) is 6.92 Å². The molecule has 2 aromatic rings. The number of amides is 1. The Labute approximate surface area is 96.7 Å². The van der Waals surface area contributed by atoms with Crippen LogP contribution in [0.25, 0.3) is 5.78 Å². The molecule has 7 heteroatoms. The van der Waals surface area contributed by atoms with E-state index in [4.69, 9.17) is 5.11 Å². The van der Waals surface area contributed by atoms with E-state index < -0.39 is 6.10 Å². The van der Waals surface area contributed by atoms with Crippen molar-refractivity contribution in [2.75, 3.05) is 13.1 Å². The van der Waals surface area contributed by atoms with Crippen molar-refractivity contribution in [1.82, 2.24) is 24.5 Å². The number of rotatable bonds is 1. The highest BCUT2D eigenvalue weighted by Crippen LogP contribution is 2.11. The predicted molar refractivity (Wildman–Crippen MR) is 57.4 cm³/mol. The maximum Gasteiger partial charge on any atom is 0.293 e. The van der Waals surface area contributed by atoms with Crippen LogP contribution in [0.2, 0.25) is 0 Å². The first-order chi connectivity index (χ1) is 8.15. The molecule has 3 rings (SSSR count). The van der Waals surface area contributed by atoms with Gasteiger partial charge >= 0.3 is 0 Å². The Hall–Kier alpha value is -2.02. The zero-order valence-electron chi connectivity index (χ0n) is 9.24. The van der Waals surface area contributed by atoms with E-state index >= 15 is 0 Å². The topological polar surface area (TPSA) is 83.6 Å². The van der Waals surface area contributed by atoms with E-state index in [-0.39, 0.29) is 11.7 Å². The minimum Gasteiger partial charge on any atom is -0.389 e. The van der Waals surface area contributed by atoms with Crippen molar-refractivity contribution in [2.24, 2.45) is 0 Å². The molecule has 17 heavy (non-hydrogen) atoms. The second kappa shape index (κ2) is 3.49. The molecule has 1 amide bonds. The number of β-amino-alcohol motifs (C(OH)–C–C–N with tert-alkyl or cyclic N) is 1. The van der Waals surface area contributed by atoms with E-state index in [0.717, 1.165) is 5.69 Å². The van der Waals surface area contributed by atoms with E-state index in [1.54, 1.807) is 12.3 Å². The Morgan fingerprint density at radius 2 is 2.29 bits per heavy atom. The largest absolute Gasteiger partial charge is 0.389 e. The van der Waals surface area contributed by atoms with Crippen LogP contribution in [0.1, 0.15) is 16.3 Å². The fourth-order valence-electron chi connectivity index (χ4n) is 1.76. The molecular formula is C10H11N5O2. The van der Waals surface area contributed by atoms with Crippen LogP contribution >= 0.6 is 0 Å². The number of likely N-dealkylation sites (tertiary alicyclic amines) is 1. The number of fused-ring (bicyclic) bond motifs is 1. The lowest BCUT2D eigenvalue weighted by Crippen LogP contribution is -2.53. The maximum atomic E-state index is 11.9. The minimum absolute atomic E-state index is 0.124. The number of aliphatic hydroxyl groups excluding tert-OH is 1. The summed E-state index contributed by atoms with van der Waals surface area (Å²) in [6, 6.07) is 1.79. The molecule has 2 aromatic heterocycles. The summed E-state index contributed by atoms with van der Waals surface area (Å²) in [6.07, 6.45) is 1.21. The summed E-state index contributed by atoms with van der Waals surface area (Å²) in [5.41, 5.74) is 0.866. The van der Waals surface area contributed by atoms with Crippen molar-refractivity contribution in [3.05, 3.63) is 23.8 Å².